The first-order valence-corrected chi connectivity index (χ1v) is 22.5. The molecule has 1 aliphatic heterocycles. The predicted octanol–water partition coefficient (Wildman–Crippen LogP) is 7.61. The molecule has 0 bridgehead atoms. The maximum atomic E-state index is 7.49. The zero-order valence-corrected chi connectivity index (χ0v) is 23.5. The molecule has 1 heterocycles. The number of rotatable bonds is 4. The van der Waals surface area contributed by atoms with Gasteiger partial charge in [0, 0.05) is 5.92 Å². The molecule has 156 valence electrons. The van der Waals surface area contributed by atoms with Crippen molar-refractivity contribution in [3.63, 3.8) is 0 Å². The van der Waals surface area contributed by atoms with Crippen molar-refractivity contribution in [2.45, 2.75) is 60.1 Å². The Labute approximate surface area is 182 Å². The molecular formula is C24H37OPSi3. The maximum Gasteiger partial charge on any atom is 0.205 e. The Morgan fingerprint density at radius 2 is 1.38 bits per heavy atom. The highest BCUT2D eigenvalue weighted by Crippen LogP contribution is 2.53. The highest BCUT2D eigenvalue weighted by Gasteiger charge is 2.62. The van der Waals surface area contributed by atoms with E-state index in [0.717, 1.165) is 0 Å². The Bertz CT molecular complexity index is 865. The highest BCUT2D eigenvalue weighted by molar-refractivity contribution is 7.73. The Hall–Kier alpha value is -0.779. The van der Waals surface area contributed by atoms with Gasteiger partial charge in [-0.25, -0.2) is 0 Å². The van der Waals surface area contributed by atoms with Crippen molar-refractivity contribution in [1.82, 2.24) is 0 Å². The predicted molar refractivity (Wildman–Crippen MR) is 140 cm³/mol. The van der Waals surface area contributed by atoms with Gasteiger partial charge in [0.05, 0.1) is 20.7 Å². The summed E-state index contributed by atoms with van der Waals surface area (Å²) in [5.41, 5.74) is 2.82. The lowest BCUT2D eigenvalue weighted by atomic mass is 9.94. The fourth-order valence-corrected chi connectivity index (χ4v) is 50.3. The van der Waals surface area contributed by atoms with Crippen LogP contribution in [0.2, 0.25) is 39.3 Å². The van der Waals surface area contributed by atoms with Crippen molar-refractivity contribution in [1.29, 1.82) is 0 Å². The van der Waals surface area contributed by atoms with E-state index in [0.29, 0.717) is 5.92 Å². The van der Waals surface area contributed by atoms with Crippen molar-refractivity contribution in [3.05, 3.63) is 65.5 Å². The van der Waals surface area contributed by atoms with Gasteiger partial charge in [0.1, 0.15) is 0 Å². The third kappa shape index (κ3) is 4.07. The van der Waals surface area contributed by atoms with Crippen LogP contribution in [0.15, 0.2) is 60.0 Å². The molecule has 1 aliphatic carbocycles. The lowest BCUT2D eigenvalue weighted by Gasteiger charge is -2.54. The van der Waals surface area contributed by atoms with E-state index in [2.05, 4.69) is 115 Å². The van der Waals surface area contributed by atoms with Gasteiger partial charge in [0.25, 0.3) is 0 Å². The summed E-state index contributed by atoms with van der Waals surface area (Å²) in [6, 6.07) is 11.2. The summed E-state index contributed by atoms with van der Waals surface area (Å²) in [6.07, 6.45) is 8.97. The van der Waals surface area contributed by atoms with Gasteiger partial charge in [0.15, 0.2) is 0 Å². The molecule has 0 saturated carbocycles. The van der Waals surface area contributed by atoms with E-state index in [1.807, 2.05) is 0 Å². The molecule has 0 amide bonds. The van der Waals surface area contributed by atoms with Gasteiger partial charge in [-0.3, -0.25) is 0 Å². The summed E-state index contributed by atoms with van der Waals surface area (Å²) < 4.78 is 7.49. The molecule has 5 heteroatoms. The molecule has 29 heavy (non-hydrogen) atoms. The van der Waals surface area contributed by atoms with Gasteiger partial charge < -0.3 is 4.43 Å². The minimum absolute atomic E-state index is 0.116. The Kier molecular flexibility index (Phi) is 6.10. The molecule has 1 aromatic carbocycles. The lowest BCUT2D eigenvalue weighted by Crippen LogP contribution is -2.75. The summed E-state index contributed by atoms with van der Waals surface area (Å²) in [5.74, 6) is 0.325. The Morgan fingerprint density at radius 3 is 1.83 bits per heavy atom. The van der Waals surface area contributed by atoms with E-state index >= 15 is 0 Å². The SMILES string of the molecule is CC(C)(C)C1=C(c2ccccc2)[Si]([Si](C)(C)C)([Si](C)(C)C)OC(C2C=CC=C2)=P1. The molecule has 0 aromatic heterocycles. The van der Waals surface area contributed by atoms with Crippen molar-refractivity contribution in [3.8, 4) is 0 Å². The highest BCUT2D eigenvalue weighted by atomic mass is 31.1. The maximum absolute atomic E-state index is 7.49. The van der Waals surface area contributed by atoms with Crippen LogP contribution in [0.5, 0.6) is 0 Å². The van der Waals surface area contributed by atoms with E-state index in [9.17, 15) is 0 Å². The van der Waals surface area contributed by atoms with E-state index in [4.69, 9.17) is 4.43 Å². The van der Waals surface area contributed by atoms with Crippen molar-refractivity contribution >= 4 is 41.4 Å². The van der Waals surface area contributed by atoms with Crippen molar-refractivity contribution in [2.24, 2.45) is 11.3 Å². The molecule has 3 rings (SSSR count). The van der Waals surface area contributed by atoms with Crippen molar-refractivity contribution < 1.29 is 4.43 Å². The van der Waals surface area contributed by atoms with Gasteiger partial charge in [-0.15, -0.1) is 0 Å². The molecular weight excluding hydrogens is 419 g/mol. The summed E-state index contributed by atoms with van der Waals surface area (Å²) in [5, 5.41) is 3.25. The minimum Gasteiger partial charge on any atom is -0.385 e. The van der Waals surface area contributed by atoms with Crippen LogP contribution < -0.4 is 0 Å². The summed E-state index contributed by atoms with van der Waals surface area (Å²) >= 11 is 0. The first kappa shape index (κ1) is 22.9. The smallest absolute Gasteiger partial charge is 0.205 e. The van der Waals surface area contributed by atoms with Gasteiger partial charge in [0.2, 0.25) is 7.35 Å². The second-order valence-electron chi connectivity index (χ2n) is 11.4. The molecule has 0 N–H and O–H groups in total. The third-order valence-corrected chi connectivity index (χ3v) is 42.4. The van der Waals surface area contributed by atoms with E-state index in [-0.39, 0.29) is 5.41 Å². The number of benzene rings is 1. The van der Waals surface area contributed by atoms with Crippen LogP contribution in [0.3, 0.4) is 0 Å². The monoisotopic (exact) mass is 456 g/mol. The number of hydrogen-bond acceptors (Lipinski definition) is 1. The fourth-order valence-electron chi connectivity index (χ4n) is 4.97. The van der Waals surface area contributed by atoms with Crippen LogP contribution in [0.4, 0.5) is 0 Å². The van der Waals surface area contributed by atoms with Gasteiger partial charge in [-0.05, 0) is 29.7 Å². The minimum atomic E-state index is -2.21. The topological polar surface area (TPSA) is 9.23 Å². The number of hydrogen-bond donors (Lipinski definition) is 0. The fraction of sp³-hybridized carbons (Fsp3) is 0.458. The molecule has 0 radical (unpaired) electrons. The van der Waals surface area contributed by atoms with Crippen LogP contribution in [-0.2, 0) is 4.43 Å². The molecule has 1 nitrogen and oxygen atoms in total. The molecule has 0 saturated heterocycles. The molecule has 2 aliphatic rings. The van der Waals surface area contributed by atoms with Crippen molar-refractivity contribution in [2.75, 3.05) is 0 Å². The molecule has 0 spiro atoms. The number of allylic oxidation sites excluding steroid dienone is 3. The average molecular weight is 457 g/mol. The zero-order valence-electron chi connectivity index (χ0n) is 19.6. The van der Waals surface area contributed by atoms with Crippen LogP contribution in [0.1, 0.15) is 26.3 Å². The molecule has 0 unspecified atom stereocenters. The van der Waals surface area contributed by atoms with Crippen LogP contribution >= 0.6 is 8.20 Å². The molecule has 0 atom stereocenters. The Morgan fingerprint density at radius 1 is 0.862 bits per heavy atom. The Balaban J connectivity index is 2.45. The third-order valence-electron chi connectivity index (χ3n) is 5.99. The van der Waals surface area contributed by atoms with Gasteiger partial charge in [-0.2, -0.15) is 0 Å². The van der Waals surface area contributed by atoms with Crippen LogP contribution in [0.25, 0.3) is 5.20 Å². The summed E-state index contributed by atoms with van der Waals surface area (Å²) in [4.78, 5) is 0. The normalized spacial score (nSPS) is 20.9. The standard InChI is InChI=1S/C24H37OPSi3/c1-24(2,3)22-21(19-15-11-10-12-16-19)29(27(4,5)6,28(7,8)9)25-23(26-22)20-17-13-14-18-20/h10-18,20H,1-9H3. The molecule has 1 aromatic rings. The lowest BCUT2D eigenvalue weighted by molar-refractivity contribution is 0.526. The van der Waals surface area contributed by atoms with E-state index in [1.165, 1.54) is 19.2 Å². The largest absolute Gasteiger partial charge is 0.385 e. The van der Waals surface area contributed by atoms with Gasteiger partial charge >= 0.3 is 0 Å². The summed E-state index contributed by atoms with van der Waals surface area (Å²) in [7, 11) is -4.24. The van der Waals surface area contributed by atoms with Gasteiger partial charge in [-0.1, -0.05) is 115 Å². The van der Waals surface area contributed by atoms with E-state index in [1.54, 1.807) is 10.5 Å². The summed E-state index contributed by atoms with van der Waals surface area (Å²) in [6.45, 7) is 22.6. The first-order valence-electron chi connectivity index (χ1n) is 10.7. The quantitative estimate of drug-likeness (QED) is 0.334. The van der Waals surface area contributed by atoms with Crippen LogP contribution in [-0.4, -0.2) is 28.0 Å². The molecule has 0 fully saturated rings. The first-order chi connectivity index (χ1) is 13.3. The zero-order chi connectivity index (χ0) is 21.7. The second kappa shape index (κ2) is 7.72. The average Bonchev–Trinajstić information content (AvgIpc) is 3.13. The van der Waals surface area contributed by atoms with Crippen LogP contribution in [0, 0.1) is 11.3 Å². The second-order valence-corrected chi connectivity index (χ2v) is 38.3. The van der Waals surface area contributed by atoms with E-state index < -0.39 is 22.5 Å².